The highest BCUT2D eigenvalue weighted by molar-refractivity contribution is 5.98. The minimum absolute atomic E-state index is 0.00353. The summed E-state index contributed by atoms with van der Waals surface area (Å²) in [5.41, 5.74) is 1.36. The van der Waals surface area contributed by atoms with Crippen molar-refractivity contribution in [3.8, 4) is 5.75 Å². The number of carbonyl (C=O) groups is 1. The van der Waals surface area contributed by atoms with E-state index >= 15 is 0 Å². The number of rotatable bonds is 8. The zero-order chi connectivity index (χ0) is 19.4. The first-order valence-electron chi connectivity index (χ1n) is 10.4. The molecule has 0 radical (unpaired) electrons. The summed E-state index contributed by atoms with van der Waals surface area (Å²) in [6, 6.07) is 3.05. The minimum Gasteiger partial charge on any atom is -0.490 e. The van der Waals surface area contributed by atoms with E-state index in [2.05, 4.69) is 13.8 Å². The molecule has 1 atom stereocenters. The monoisotopic (exact) mass is 377 g/mol. The molecular formula is C22H32FNO3. The van der Waals surface area contributed by atoms with Gasteiger partial charge in [0.2, 0.25) is 0 Å². The highest BCUT2D eigenvalue weighted by Gasteiger charge is 2.32. The predicted molar refractivity (Wildman–Crippen MR) is 103 cm³/mol. The van der Waals surface area contributed by atoms with Crippen LogP contribution in [-0.2, 0) is 6.54 Å². The molecule has 1 N–H and O–H groups in total. The molecule has 150 valence electrons. The van der Waals surface area contributed by atoms with Crippen molar-refractivity contribution in [2.45, 2.75) is 58.9 Å². The number of nitrogens with zero attached hydrogens (tertiary/aromatic N) is 1. The number of unbranched alkanes of at least 4 members (excludes halogenated alkanes) is 1. The molecule has 1 aromatic rings. The van der Waals surface area contributed by atoms with E-state index in [4.69, 9.17) is 4.74 Å². The Hall–Kier alpha value is -1.62. The number of aliphatic hydroxyl groups is 1. The predicted octanol–water partition coefficient (Wildman–Crippen LogP) is 4.40. The highest BCUT2D eigenvalue weighted by Crippen LogP contribution is 2.36. The molecular weight excluding hydrogens is 345 g/mol. The van der Waals surface area contributed by atoms with Crippen LogP contribution in [-0.4, -0.2) is 35.7 Å². The zero-order valence-corrected chi connectivity index (χ0v) is 16.5. The van der Waals surface area contributed by atoms with Gasteiger partial charge in [-0.1, -0.05) is 20.3 Å². The zero-order valence-electron chi connectivity index (χ0n) is 16.5. The van der Waals surface area contributed by atoms with Gasteiger partial charge in [0, 0.05) is 25.3 Å². The van der Waals surface area contributed by atoms with Crippen molar-refractivity contribution >= 4 is 5.91 Å². The standard InChI is InChI=1S/C22H32FNO3/c1-3-4-9-27-21-11-19-18(10-20(21)23)13-24(22(19)26)12-16-5-7-17(8-6-16)15(2)14-25/h10-11,15-17,25H,3-9,12-14H2,1-2H3. The number of ether oxygens (including phenoxy) is 1. The molecule has 5 heteroatoms. The Morgan fingerprint density at radius 2 is 2.04 bits per heavy atom. The summed E-state index contributed by atoms with van der Waals surface area (Å²) in [5.74, 6) is 1.26. The number of benzene rings is 1. The topological polar surface area (TPSA) is 49.8 Å². The van der Waals surface area contributed by atoms with E-state index in [0.29, 0.717) is 36.5 Å². The van der Waals surface area contributed by atoms with E-state index < -0.39 is 0 Å². The summed E-state index contributed by atoms with van der Waals surface area (Å²) in [6.07, 6.45) is 6.27. The van der Waals surface area contributed by atoms with Crippen molar-refractivity contribution in [2.24, 2.45) is 17.8 Å². The Bertz CT molecular complexity index is 655. The molecule has 1 saturated carbocycles. The third kappa shape index (κ3) is 4.63. The van der Waals surface area contributed by atoms with E-state index in [9.17, 15) is 14.3 Å². The molecule has 1 heterocycles. The Morgan fingerprint density at radius 1 is 1.30 bits per heavy atom. The number of amides is 1. The Morgan fingerprint density at radius 3 is 2.70 bits per heavy atom. The first-order chi connectivity index (χ1) is 13.0. The maximum Gasteiger partial charge on any atom is 0.254 e. The van der Waals surface area contributed by atoms with Crippen LogP contribution in [0.25, 0.3) is 0 Å². The average Bonchev–Trinajstić information content (AvgIpc) is 2.97. The number of fused-ring (bicyclic) bond motifs is 1. The lowest BCUT2D eigenvalue weighted by Gasteiger charge is -2.33. The SMILES string of the molecule is CCCCOc1cc2c(cc1F)CN(CC1CCC(C(C)CO)CC1)C2=O. The van der Waals surface area contributed by atoms with E-state index in [1.807, 2.05) is 4.90 Å². The van der Waals surface area contributed by atoms with Crippen molar-refractivity contribution in [3.63, 3.8) is 0 Å². The van der Waals surface area contributed by atoms with E-state index in [1.165, 1.54) is 6.07 Å². The number of hydrogen-bond acceptors (Lipinski definition) is 3. The fourth-order valence-electron chi connectivity index (χ4n) is 4.36. The maximum absolute atomic E-state index is 14.3. The highest BCUT2D eigenvalue weighted by atomic mass is 19.1. The van der Waals surface area contributed by atoms with Crippen LogP contribution in [0.3, 0.4) is 0 Å². The van der Waals surface area contributed by atoms with E-state index in [1.54, 1.807) is 6.07 Å². The lowest BCUT2D eigenvalue weighted by Crippen LogP contribution is -2.33. The molecule has 1 unspecified atom stereocenters. The summed E-state index contributed by atoms with van der Waals surface area (Å²) < 4.78 is 19.8. The summed E-state index contributed by atoms with van der Waals surface area (Å²) in [5, 5.41) is 9.34. The van der Waals surface area contributed by atoms with Gasteiger partial charge < -0.3 is 14.7 Å². The van der Waals surface area contributed by atoms with Gasteiger partial charge in [-0.3, -0.25) is 4.79 Å². The normalized spacial score (nSPS) is 23.4. The molecule has 0 saturated heterocycles. The van der Waals surface area contributed by atoms with Crippen LogP contribution in [0.2, 0.25) is 0 Å². The third-order valence-corrected chi connectivity index (χ3v) is 6.25. The molecule has 1 amide bonds. The van der Waals surface area contributed by atoms with Crippen molar-refractivity contribution in [3.05, 3.63) is 29.1 Å². The minimum atomic E-state index is -0.377. The quantitative estimate of drug-likeness (QED) is 0.684. The first-order valence-corrected chi connectivity index (χ1v) is 10.4. The maximum atomic E-state index is 14.3. The smallest absolute Gasteiger partial charge is 0.254 e. The van der Waals surface area contributed by atoms with Crippen LogP contribution in [0.5, 0.6) is 5.75 Å². The molecule has 0 aromatic heterocycles. The summed E-state index contributed by atoms with van der Waals surface area (Å²) in [7, 11) is 0. The van der Waals surface area contributed by atoms with Crippen molar-refractivity contribution < 1.29 is 19.0 Å². The molecule has 1 aliphatic heterocycles. The van der Waals surface area contributed by atoms with Gasteiger partial charge in [-0.2, -0.15) is 0 Å². The van der Waals surface area contributed by atoms with Crippen molar-refractivity contribution in [2.75, 3.05) is 19.8 Å². The second kappa shape index (κ2) is 9.05. The van der Waals surface area contributed by atoms with Crippen LogP contribution in [0.15, 0.2) is 12.1 Å². The lowest BCUT2D eigenvalue weighted by atomic mass is 9.76. The molecule has 0 spiro atoms. The molecule has 1 fully saturated rings. The van der Waals surface area contributed by atoms with Gasteiger partial charge >= 0.3 is 0 Å². The van der Waals surface area contributed by atoms with Gasteiger partial charge in [0.25, 0.3) is 5.91 Å². The summed E-state index contributed by atoms with van der Waals surface area (Å²) in [4.78, 5) is 14.7. The summed E-state index contributed by atoms with van der Waals surface area (Å²) in [6.45, 7) is 6.12. The molecule has 1 aliphatic carbocycles. The molecule has 1 aromatic carbocycles. The van der Waals surface area contributed by atoms with Crippen LogP contribution >= 0.6 is 0 Å². The van der Waals surface area contributed by atoms with Gasteiger partial charge in [-0.05, 0) is 67.6 Å². The number of carbonyl (C=O) groups excluding carboxylic acids is 1. The first kappa shape index (κ1) is 20.1. The number of hydrogen-bond donors (Lipinski definition) is 1. The molecule has 2 aliphatic rings. The molecule has 27 heavy (non-hydrogen) atoms. The van der Waals surface area contributed by atoms with E-state index in [0.717, 1.165) is 50.6 Å². The largest absolute Gasteiger partial charge is 0.490 e. The number of halogens is 1. The Kier molecular flexibility index (Phi) is 6.74. The Balaban J connectivity index is 1.59. The van der Waals surface area contributed by atoms with Crippen LogP contribution in [0.1, 0.15) is 68.3 Å². The molecule has 3 rings (SSSR count). The number of aliphatic hydroxyl groups excluding tert-OH is 1. The van der Waals surface area contributed by atoms with Gasteiger partial charge in [0.05, 0.1) is 6.61 Å². The molecule has 0 bridgehead atoms. The van der Waals surface area contributed by atoms with Gasteiger partial charge in [0.15, 0.2) is 11.6 Å². The van der Waals surface area contributed by atoms with Gasteiger partial charge in [-0.25, -0.2) is 4.39 Å². The fourth-order valence-corrected chi connectivity index (χ4v) is 4.36. The lowest BCUT2D eigenvalue weighted by molar-refractivity contribution is 0.0712. The van der Waals surface area contributed by atoms with Crippen LogP contribution < -0.4 is 4.74 Å². The van der Waals surface area contributed by atoms with Crippen molar-refractivity contribution in [1.29, 1.82) is 0 Å². The van der Waals surface area contributed by atoms with Crippen LogP contribution in [0.4, 0.5) is 4.39 Å². The van der Waals surface area contributed by atoms with Gasteiger partial charge in [0.1, 0.15) is 0 Å². The third-order valence-electron chi connectivity index (χ3n) is 6.25. The summed E-state index contributed by atoms with van der Waals surface area (Å²) >= 11 is 0. The van der Waals surface area contributed by atoms with E-state index in [-0.39, 0.29) is 24.1 Å². The van der Waals surface area contributed by atoms with Crippen LogP contribution in [0, 0.1) is 23.6 Å². The van der Waals surface area contributed by atoms with Gasteiger partial charge in [-0.15, -0.1) is 0 Å². The van der Waals surface area contributed by atoms with Crippen molar-refractivity contribution in [1.82, 2.24) is 4.90 Å². The second-order valence-corrected chi connectivity index (χ2v) is 8.27. The molecule has 4 nitrogen and oxygen atoms in total. The Labute approximate surface area is 161 Å². The average molecular weight is 378 g/mol. The second-order valence-electron chi connectivity index (χ2n) is 8.27. The fraction of sp³-hybridized carbons (Fsp3) is 0.682.